The van der Waals surface area contributed by atoms with E-state index in [1.54, 1.807) is 0 Å². The van der Waals surface area contributed by atoms with Crippen LogP contribution in [-0.2, 0) is 0 Å². The van der Waals surface area contributed by atoms with E-state index in [1.165, 1.54) is 64.3 Å². The van der Waals surface area contributed by atoms with Gasteiger partial charge in [-0.2, -0.15) is 0 Å². The predicted octanol–water partition coefficient (Wildman–Crippen LogP) is 2.77. The minimum atomic E-state index is 0.487. The summed E-state index contributed by atoms with van der Waals surface area (Å²) in [4.78, 5) is 2.62. The lowest BCUT2D eigenvalue weighted by atomic mass is 9.68. The quantitative estimate of drug-likeness (QED) is 0.744. The minimum absolute atomic E-state index is 0.487. The molecule has 0 heterocycles. The van der Waals surface area contributed by atoms with Crippen molar-refractivity contribution in [1.29, 1.82) is 0 Å². The molecule has 2 rings (SSSR count). The standard InChI is InChI=1S/C14H28N2/c1-16(12-14(11-15)9-6-10-14)13-7-4-2-3-5-8-13/h13H,2-12,15H2,1H3. The third-order valence-corrected chi connectivity index (χ3v) is 4.88. The third-order valence-electron chi connectivity index (χ3n) is 4.88. The van der Waals surface area contributed by atoms with Crippen molar-refractivity contribution in [3.8, 4) is 0 Å². The molecule has 2 fully saturated rings. The maximum atomic E-state index is 5.95. The molecule has 0 spiro atoms. The van der Waals surface area contributed by atoms with E-state index in [1.807, 2.05) is 0 Å². The van der Waals surface area contributed by atoms with E-state index in [0.717, 1.165) is 12.6 Å². The monoisotopic (exact) mass is 224 g/mol. The van der Waals surface area contributed by atoms with E-state index < -0.39 is 0 Å². The van der Waals surface area contributed by atoms with Crippen LogP contribution in [0.4, 0.5) is 0 Å². The third kappa shape index (κ3) is 2.78. The average molecular weight is 224 g/mol. The first-order valence-electron chi connectivity index (χ1n) is 7.16. The van der Waals surface area contributed by atoms with Gasteiger partial charge >= 0.3 is 0 Å². The predicted molar refractivity (Wildman–Crippen MR) is 69.5 cm³/mol. The smallest absolute Gasteiger partial charge is 0.00924 e. The number of hydrogen-bond acceptors (Lipinski definition) is 2. The van der Waals surface area contributed by atoms with Crippen LogP contribution >= 0.6 is 0 Å². The topological polar surface area (TPSA) is 29.3 Å². The van der Waals surface area contributed by atoms with Gasteiger partial charge in [0.15, 0.2) is 0 Å². The van der Waals surface area contributed by atoms with Crippen molar-refractivity contribution in [2.24, 2.45) is 11.1 Å². The fraction of sp³-hybridized carbons (Fsp3) is 1.00. The Labute approximate surface area is 101 Å². The van der Waals surface area contributed by atoms with Gasteiger partial charge in [-0.3, -0.25) is 0 Å². The Hall–Kier alpha value is -0.0800. The second kappa shape index (κ2) is 5.50. The maximum absolute atomic E-state index is 5.95. The number of nitrogens with two attached hydrogens (primary N) is 1. The molecular formula is C14H28N2. The summed E-state index contributed by atoms with van der Waals surface area (Å²) in [5, 5.41) is 0. The van der Waals surface area contributed by atoms with Gasteiger partial charge in [-0.15, -0.1) is 0 Å². The van der Waals surface area contributed by atoms with Gasteiger partial charge in [0.05, 0.1) is 0 Å². The number of nitrogens with zero attached hydrogens (tertiary/aromatic N) is 1. The molecule has 0 aromatic rings. The molecular weight excluding hydrogens is 196 g/mol. The van der Waals surface area contributed by atoms with Crippen molar-refractivity contribution < 1.29 is 0 Å². The minimum Gasteiger partial charge on any atom is -0.330 e. The summed E-state index contributed by atoms with van der Waals surface area (Å²) in [5.41, 5.74) is 6.44. The van der Waals surface area contributed by atoms with Crippen LogP contribution in [-0.4, -0.2) is 31.1 Å². The Balaban J connectivity index is 1.83. The largest absolute Gasteiger partial charge is 0.330 e. The second-order valence-corrected chi connectivity index (χ2v) is 6.12. The van der Waals surface area contributed by atoms with Crippen LogP contribution in [0, 0.1) is 5.41 Å². The first-order valence-corrected chi connectivity index (χ1v) is 7.16. The van der Waals surface area contributed by atoms with Crippen molar-refractivity contribution in [2.75, 3.05) is 20.1 Å². The van der Waals surface area contributed by atoms with Crippen LogP contribution in [0.15, 0.2) is 0 Å². The molecule has 2 saturated carbocycles. The number of hydrogen-bond donors (Lipinski definition) is 1. The summed E-state index contributed by atoms with van der Waals surface area (Å²) in [6.07, 6.45) is 12.7. The SMILES string of the molecule is CN(CC1(CN)CCC1)C1CCCCCC1. The van der Waals surface area contributed by atoms with E-state index in [-0.39, 0.29) is 0 Å². The van der Waals surface area contributed by atoms with Crippen LogP contribution in [0.5, 0.6) is 0 Å². The van der Waals surface area contributed by atoms with Gasteiger partial charge in [0.2, 0.25) is 0 Å². The lowest BCUT2D eigenvalue weighted by molar-refractivity contribution is 0.0629. The van der Waals surface area contributed by atoms with Crippen LogP contribution < -0.4 is 5.73 Å². The van der Waals surface area contributed by atoms with Gasteiger partial charge in [0.25, 0.3) is 0 Å². The van der Waals surface area contributed by atoms with Crippen molar-refractivity contribution in [2.45, 2.75) is 63.8 Å². The van der Waals surface area contributed by atoms with Crippen molar-refractivity contribution in [1.82, 2.24) is 4.90 Å². The summed E-state index contributed by atoms with van der Waals surface area (Å²) in [6.45, 7) is 2.14. The van der Waals surface area contributed by atoms with E-state index in [0.29, 0.717) is 5.41 Å². The Morgan fingerprint density at radius 1 is 1.06 bits per heavy atom. The van der Waals surface area contributed by atoms with Crippen LogP contribution in [0.25, 0.3) is 0 Å². The zero-order valence-corrected chi connectivity index (χ0v) is 10.9. The summed E-state index contributed by atoms with van der Waals surface area (Å²) in [7, 11) is 2.33. The molecule has 2 N–H and O–H groups in total. The molecule has 0 atom stereocenters. The molecule has 0 aromatic heterocycles. The fourth-order valence-electron chi connectivity index (χ4n) is 3.46. The molecule has 0 unspecified atom stereocenters. The highest BCUT2D eigenvalue weighted by atomic mass is 15.1. The summed E-state index contributed by atoms with van der Waals surface area (Å²) >= 11 is 0. The molecule has 0 bridgehead atoms. The van der Waals surface area contributed by atoms with E-state index in [9.17, 15) is 0 Å². The van der Waals surface area contributed by atoms with Crippen molar-refractivity contribution in [3.63, 3.8) is 0 Å². The molecule has 0 saturated heterocycles. The number of rotatable bonds is 4. The first kappa shape index (κ1) is 12.4. The average Bonchev–Trinajstić information content (AvgIpc) is 2.51. The molecule has 2 heteroatoms. The zero-order valence-electron chi connectivity index (χ0n) is 10.9. The van der Waals surface area contributed by atoms with Crippen LogP contribution in [0.3, 0.4) is 0 Å². The van der Waals surface area contributed by atoms with Crippen LogP contribution in [0.2, 0.25) is 0 Å². The lowest BCUT2D eigenvalue weighted by Gasteiger charge is -2.45. The highest BCUT2D eigenvalue weighted by Gasteiger charge is 2.37. The van der Waals surface area contributed by atoms with E-state index in [4.69, 9.17) is 5.73 Å². The van der Waals surface area contributed by atoms with Gasteiger partial charge in [-0.1, -0.05) is 32.1 Å². The molecule has 0 aliphatic heterocycles. The lowest BCUT2D eigenvalue weighted by Crippen LogP contribution is -2.48. The van der Waals surface area contributed by atoms with Gasteiger partial charge in [-0.05, 0) is 44.7 Å². The highest BCUT2D eigenvalue weighted by Crippen LogP contribution is 2.41. The summed E-state index contributed by atoms with van der Waals surface area (Å²) in [6, 6.07) is 0.839. The van der Waals surface area contributed by atoms with Crippen molar-refractivity contribution in [3.05, 3.63) is 0 Å². The van der Waals surface area contributed by atoms with Gasteiger partial charge < -0.3 is 10.6 Å². The van der Waals surface area contributed by atoms with Crippen LogP contribution in [0.1, 0.15) is 57.8 Å². The molecule has 0 aromatic carbocycles. The first-order chi connectivity index (χ1) is 7.76. The summed E-state index contributed by atoms with van der Waals surface area (Å²) < 4.78 is 0. The fourth-order valence-corrected chi connectivity index (χ4v) is 3.46. The van der Waals surface area contributed by atoms with Gasteiger partial charge in [-0.25, -0.2) is 0 Å². The van der Waals surface area contributed by atoms with E-state index in [2.05, 4.69) is 11.9 Å². The Kier molecular flexibility index (Phi) is 4.26. The highest BCUT2D eigenvalue weighted by molar-refractivity contribution is 4.92. The Morgan fingerprint density at radius 2 is 1.69 bits per heavy atom. The molecule has 2 aliphatic rings. The maximum Gasteiger partial charge on any atom is 0.00924 e. The Morgan fingerprint density at radius 3 is 2.12 bits per heavy atom. The van der Waals surface area contributed by atoms with Gasteiger partial charge in [0, 0.05) is 12.6 Å². The van der Waals surface area contributed by atoms with Gasteiger partial charge in [0.1, 0.15) is 0 Å². The normalized spacial score (nSPS) is 26.4. The molecule has 0 amide bonds. The molecule has 2 nitrogen and oxygen atoms in total. The van der Waals surface area contributed by atoms with Crippen molar-refractivity contribution >= 4 is 0 Å². The molecule has 0 radical (unpaired) electrons. The molecule has 94 valence electrons. The van der Waals surface area contributed by atoms with E-state index >= 15 is 0 Å². The zero-order chi connectivity index (χ0) is 11.4. The molecule has 2 aliphatic carbocycles. The molecule has 16 heavy (non-hydrogen) atoms. The summed E-state index contributed by atoms with van der Waals surface area (Å²) in [5.74, 6) is 0. The second-order valence-electron chi connectivity index (χ2n) is 6.12. The Bertz CT molecular complexity index is 197.